The highest BCUT2D eigenvalue weighted by Gasteiger charge is 2.12. The predicted octanol–water partition coefficient (Wildman–Crippen LogP) is 6.20. The number of benzene rings is 3. The molecule has 0 radical (unpaired) electrons. The highest BCUT2D eigenvalue weighted by atomic mass is 35.5. The van der Waals surface area contributed by atoms with E-state index in [1.807, 2.05) is 42.5 Å². The maximum atomic E-state index is 12.5. The molecule has 0 atom stereocenters. The molecule has 0 saturated heterocycles. The Hall–Kier alpha value is -3.41. The van der Waals surface area contributed by atoms with Crippen molar-refractivity contribution in [1.29, 1.82) is 0 Å². The SMILES string of the molecule is C/C(=N\NC(=O)c1cc(-c2ccc(-c3ccccc3)cc2)n[nH]1)c1ccc(Cl)cc1Cl. The van der Waals surface area contributed by atoms with Crippen LogP contribution in [0.15, 0.2) is 84.0 Å². The van der Waals surface area contributed by atoms with Crippen LogP contribution in [0.3, 0.4) is 0 Å². The third-order valence-electron chi connectivity index (χ3n) is 4.76. The average Bonchev–Trinajstić information content (AvgIpc) is 3.28. The number of nitrogens with one attached hydrogen (secondary N) is 2. The van der Waals surface area contributed by atoms with E-state index in [9.17, 15) is 4.79 Å². The number of hydrazone groups is 1. The molecule has 2 N–H and O–H groups in total. The van der Waals surface area contributed by atoms with Crippen molar-refractivity contribution in [2.45, 2.75) is 6.92 Å². The van der Waals surface area contributed by atoms with E-state index >= 15 is 0 Å². The van der Waals surface area contributed by atoms with Crippen molar-refractivity contribution in [3.8, 4) is 22.4 Å². The summed E-state index contributed by atoms with van der Waals surface area (Å²) in [5, 5.41) is 12.1. The summed E-state index contributed by atoms with van der Waals surface area (Å²) in [4.78, 5) is 12.5. The first-order chi connectivity index (χ1) is 15.0. The fraction of sp³-hybridized carbons (Fsp3) is 0.0417. The van der Waals surface area contributed by atoms with Gasteiger partial charge in [-0.3, -0.25) is 9.89 Å². The van der Waals surface area contributed by atoms with Crippen LogP contribution < -0.4 is 5.43 Å². The molecular formula is C24H18Cl2N4O. The van der Waals surface area contributed by atoms with Gasteiger partial charge in [0.05, 0.1) is 16.4 Å². The van der Waals surface area contributed by atoms with E-state index in [1.165, 1.54) is 0 Å². The molecule has 31 heavy (non-hydrogen) atoms. The molecule has 0 aliphatic rings. The lowest BCUT2D eigenvalue weighted by atomic mass is 10.0. The molecule has 0 unspecified atom stereocenters. The summed E-state index contributed by atoms with van der Waals surface area (Å²) >= 11 is 12.1. The fourth-order valence-corrected chi connectivity index (χ4v) is 3.63. The quantitative estimate of drug-likeness (QED) is 0.281. The number of hydrogen-bond donors (Lipinski definition) is 2. The highest BCUT2D eigenvalue weighted by Crippen LogP contribution is 2.24. The summed E-state index contributed by atoms with van der Waals surface area (Å²) in [6.07, 6.45) is 0. The number of aromatic amines is 1. The maximum absolute atomic E-state index is 12.5. The Kier molecular flexibility index (Phi) is 6.16. The Bertz CT molecular complexity index is 1250. The molecule has 0 fully saturated rings. The molecule has 0 aliphatic heterocycles. The van der Waals surface area contributed by atoms with Crippen LogP contribution in [-0.4, -0.2) is 21.8 Å². The smallest absolute Gasteiger partial charge is 0.272 e. The number of carbonyl (C=O) groups is 1. The third-order valence-corrected chi connectivity index (χ3v) is 5.30. The van der Waals surface area contributed by atoms with Crippen molar-refractivity contribution in [3.05, 3.63) is 100 Å². The molecule has 5 nitrogen and oxygen atoms in total. The van der Waals surface area contributed by atoms with Gasteiger partial charge in [0.1, 0.15) is 5.69 Å². The minimum atomic E-state index is -0.399. The summed E-state index contributed by atoms with van der Waals surface area (Å²) in [6.45, 7) is 1.75. The van der Waals surface area contributed by atoms with E-state index in [1.54, 1.807) is 31.2 Å². The van der Waals surface area contributed by atoms with Crippen molar-refractivity contribution in [3.63, 3.8) is 0 Å². The van der Waals surface area contributed by atoms with E-state index < -0.39 is 5.91 Å². The lowest BCUT2D eigenvalue weighted by Gasteiger charge is -2.04. The van der Waals surface area contributed by atoms with E-state index in [0.29, 0.717) is 32.7 Å². The summed E-state index contributed by atoms with van der Waals surface area (Å²) in [5.74, 6) is -0.399. The molecule has 7 heteroatoms. The van der Waals surface area contributed by atoms with Gasteiger partial charge in [-0.05, 0) is 36.2 Å². The van der Waals surface area contributed by atoms with Crippen LogP contribution in [0.1, 0.15) is 23.0 Å². The lowest BCUT2D eigenvalue weighted by molar-refractivity contribution is 0.0950. The molecule has 1 amide bonds. The monoisotopic (exact) mass is 448 g/mol. The molecule has 0 bridgehead atoms. The largest absolute Gasteiger partial charge is 0.289 e. The first kappa shape index (κ1) is 20.8. The number of aromatic nitrogens is 2. The van der Waals surface area contributed by atoms with Gasteiger partial charge in [0.15, 0.2) is 0 Å². The number of nitrogens with zero attached hydrogens (tertiary/aromatic N) is 2. The highest BCUT2D eigenvalue weighted by molar-refractivity contribution is 6.37. The maximum Gasteiger partial charge on any atom is 0.289 e. The summed E-state index contributed by atoms with van der Waals surface area (Å²) in [7, 11) is 0. The molecular weight excluding hydrogens is 431 g/mol. The van der Waals surface area contributed by atoms with Crippen molar-refractivity contribution in [1.82, 2.24) is 15.6 Å². The van der Waals surface area contributed by atoms with Crippen LogP contribution in [0.25, 0.3) is 22.4 Å². The Morgan fingerprint density at radius 2 is 1.58 bits per heavy atom. The van der Waals surface area contributed by atoms with Gasteiger partial charge >= 0.3 is 0 Å². The summed E-state index contributed by atoms with van der Waals surface area (Å²) in [6, 6.07) is 24.9. The fourth-order valence-electron chi connectivity index (χ4n) is 3.09. The lowest BCUT2D eigenvalue weighted by Crippen LogP contribution is -2.19. The van der Waals surface area contributed by atoms with Gasteiger partial charge in [-0.15, -0.1) is 0 Å². The molecule has 4 rings (SSSR count). The normalized spacial score (nSPS) is 11.4. The molecule has 4 aromatic rings. The second kappa shape index (κ2) is 9.16. The van der Waals surface area contributed by atoms with Gasteiger partial charge in [-0.1, -0.05) is 83.9 Å². The molecule has 154 valence electrons. The van der Waals surface area contributed by atoms with Gasteiger partial charge < -0.3 is 0 Å². The van der Waals surface area contributed by atoms with Gasteiger partial charge in [0.2, 0.25) is 0 Å². The molecule has 0 aliphatic carbocycles. The Balaban J connectivity index is 1.46. The van der Waals surface area contributed by atoms with Gasteiger partial charge in [-0.2, -0.15) is 10.2 Å². The molecule has 3 aromatic carbocycles. The van der Waals surface area contributed by atoms with E-state index in [4.69, 9.17) is 23.2 Å². The second-order valence-corrected chi connectivity index (χ2v) is 7.72. The van der Waals surface area contributed by atoms with Crippen molar-refractivity contribution < 1.29 is 4.79 Å². The van der Waals surface area contributed by atoms with Crippen LogP contribution in [-0.2, 0) is 0 Å². The Labute approximate surface area is 189 Å². The molecule has 0 spiro atoms. The molecule has 1 aromatic heterocycles. The number of carbonyl (C=O) groups excluding carboxylic acids is 1. The van der Waals surface area contributed by atoms with Crippen LogP contribution in [0, 0.1) is 0 Å². The molecule has 1 heterocycles. The van der Waals surface area contributed by atoms with E-state index in [0.717, 1.165) is 16.7 Å². The Morgan fingerprint density at radius 3 is 2.29 bits per heavy atom. The van der Waals surface area contributed by atoms with Crippen molar-refractivity contribution >= 4 is 34.8 Å². The standard InChI is InChI=1S/C24H18Cl2N4O/c1-15(20-12-11-19(25)13-21(20)26)27-30-24(31)23-14-22(28-29-23)18-9-7-17(8-10-18)16-5-3-2-4-6-16/h2-14H,1H3,(H,28,29)(H,30,31)/b27-15+. The van der Waals surface area contributed by atoms with Crippen LogP contribution in [0.2, 0.25) is 10.0 Å². The topological polar surface area (TPSA) is 70.1 Å². The van der Waals surface area contributed by atoms with Gasteiger partial charge in [0, 0.05) is 16.1 Å². The van der Waals surface area contributed by atoms with E-state index in [2.05, 4.69) is 32.9 Å². The minimum Gasteiger partial charge on any atom is -0.272 e. The van der Waals surface area contributed by atoms with Crippen LogP contribution >= 0.6 is 23.2 Å². The number of amides is 1. The number of hydrogen-bond acceptors (Lipinski definition) is 3. The molecule has 0 saturated carbocycles. The third kappa shape index (κ3) is 4.85. The first-order valence-corrected chi connectivity index (χ1v) is 10.3. The van der Waals surface area contributed by atoms with Crippen LogP contribution in [0.5, 0.6) is 0 Å². The van der Waals surface area contributed by atoms with Crippen molar-refractivity contribution in [2.24, 2.45) is 5.10 Å². The first-order valence-electron chi connectivity index (χ1n) is 9.52. The predicted molar refractivity (Wildman–Crippen MR) is 126 cm³/mol. The van der Waals surface area contributed by atoms with Crippen LogP contribution in [0.4, 0.5) is 0 Å². The Morgan fingerprint density at radius 1 is 0.903 bits per heavy atom. The number of halogens is 2. The number of rotatable bonds is 5. The number of H-pyrrole nitrogens is 1. The van der Waals surface area contributed by atoms with Crippen molar-refractivity contribution in [2.75, 3.05) is 0 Å². The zero-order valence-corrected chi connectivity index (χ0v) is 18.1. The van der Waals surface area contributed by atoms with E-state index in [-0.39, 0.29) is 0 Å². The minimum absolute atomic E-state index is 0.306. The second-order valence-electron chi connectivity index (χ2n) is 6.87. The van der Waals surface area contributed by atoms with Gasteiger partial charge in [0.25, 0.3) is 5.91 Å². The average molecular weight is 449 g/mol. The van der Waals surface area contributed by atoms with Gasteiger partial charge in [-0.25, -0.2) is 5.43 Å². The zero-order valence-electron chi connectivity index (χ0n) is 16.6. The summed E-state index contributed by atoms with van der Waals surface area (Å²) in [5.41, 5.74) is 7.91. The summed E-state index contributed by atoms with van der Waals surface area (Å²) < 4.78 is 0. The zero-order chi connectivity index (χ0) is 21.8.